The summed E-state index contributed by atoms with van der Waals surface area (Å²) in [6.45, 7) is 3.28. The Balaban J connectivity index is 1.85. The van der Waals surface area contributed by atoms with Crippen molar-refractivity contribution in [3.8, 4) is 0 Å². The highest BCUT2D eigenvalue weighted by Crippen LogP contribution is 2.00. The summed E-state index contributed by atoms with van der Waals surface area (Å²) in [5, 5.41) is 8.68. The Labute approximate surface area is 89.9 Å². The zero-order chi connectivity index (χ0) is 10.1. The average molecular weight is 213 g/mol. The first-order valence-electron chi connectivity index (χ1n) is 5.16. The fraction of sp³-hybridized carbons (Fsp3) is 0.700. The normalized spacial score (nSPS) is 10.6. The number of nitrogens with zero attached hydrogens (tertiary/aromatic N) is 1. The van der Waals surface area contributed by atoms with Gasteiger partial charge in [-0.25, -0.2) is 4.98 Å². The van der Waals surface area contributed by atoms with E-state index in [1.54, 1.807) is 11.3 Å². The largest absolute Gasteiger partial charge is 0.320 e. The van der Waals surface area contributed by atoms with E-state index in [9.17, 15) is 0 Å². The zero-order valence-electron chi connectivity index (χ0n) is 8.75. The highest BCUT2D eigenvalue weighted by atomic mass is 32.1. The van der Waals surface area contributed by atoms with Gasteiger partial charge in [-0.05, 0) is 33.0 Å². The van der Waals surface area contributed by atoms with Gasteiger partial charge in [-0.3, -0.25) is 0 Å². The summed E-state index contributed by atoms with van der Waals surface area (Å²) in [4.78, 5) is 4.23. The molecule has 0 saturated heterocycles. The van der Waals surface area contributed by atoms with Crippen molar-refractivity contribution >= 4 is 11.3 Å². The van der Waals surface area contributed by atoms with E-state index >= 15 is 0 Å². The molecule has 1 aromatic rings. The predicted molar refractivity (Wildman–Crippen MR) is 61.8 cm³/mol. The van der Waals surface area contributed by atoms with Gasteiger partial charge >= 0.3 is 0 Å². The van der Waals surface area contributed by atoms with Crippen LogP contribution in [0, 0.1) is 0 Å². The van der Waals surface area contributed by atoms with Crippen molar-refractivity contribution in [3.05, 3.63) is 16.6 Å². The standard InChI is InChI=1S/C10H19N3S/c1-11-5-2-3-6-12-7-4-10-8-14-9-13-10/h8-9,11-12H,2-7H2,1H3. The smallest absolute Gasteiger partial charge is 0.0794 e. The number of rotatable bonds is 8. The van der Waals surface area contributed by atoms with E-state index in [1.165, 1.54) is 18.5 Å². The fourth-order valence-corrected chi connectivity index (χ4v) is 1.85. The lowest BCUT2D eigenvalue weighted by Gasteiger charge is -2.02. The first-order chi connectivity index (χ1) is 6.93. The third kappa shape index (κ3) is 5.32. The predicted octanol–water partition coefficient (Wildman–Crippen LogP) is 1.27. The van der Waals surface area contributed by atoms with Crippen molar-refractivity contribution in [1.82, 2.24) is 15.6 Å². The van der Waals surface area contributed by atoms with Crippen molar-refractivity contribution in [2.24, 2.45) is 0 Å². The number of unbranched alkanes of at least 4 members (excludes halogenated alkanes) is 1. The van der Waals surface area contributed by atoms with Crippen LogP contribution in [-0.2, 0) is 6.42 Å². The maximum Gasteiger partial charge on any atom is 0.0794 e. The topological polar surface area (TPSA) is 37.0 Å². The van der Waals surface area contributed by atoms with Gasteiger partial charge in [-0.2, -0.15) is 0 Å². The van der Waals surface area contributed by atoms with Crippen LogP contribution >= 0.6 is 11.3 Å². The molecule has 0 spiro atoms. The van der Waals surface area contributed by atoms with Crippen LogP contribution in [0.1, 0.15) is 18.5 Å². The summed E-state index contributed by atoms with van der Waals surface area (Å²) in [6.07, 6.45) is 3.55. The molecule has 4 heteroatoms. The number of aromatic nitrogens is 1. The number of hydrogen-bond acceptors (Lipinski definition) is 4. The van der Waals surface area contributed by atoms with Gasteiger partial charge < -0.3 is 10.6 Å². The number of hydrogen-bond donors (Lipinski definition) is 2. The minimum absolute atomic E-state index is 1.04. The molecular weight excluding hydrogens is 194 g/mol. The lowest BCUT2D eigenvalue weighted by molar-refractivity contribution is 0.604. The molecule has 0 aliphatic rings. The van der Waals surface area contributed by atoms with Gasteiger partial charge in [0.25, 0.3) is 0 Å². The van der Waals surface area contributed by atoms with Crippen molar-refractivity contribution in [3.63, 3.8) is 0 Å². The van der Waals surface area contributed by atoms with Crippen molar-refractivity contribution in [2.45, 2.75) is 19.3 Å². The molecule has 1 rings (SSSR count). The third-order valence-electron chi connectivity index (χ3n) is 2.07. The maximum atomic E-state index is 4.23. The summed E-state index contributed by atoms with van der Waals surface area (Å²) in [5.74, 6) is 0. The molecule has 0 unspecified atom stereocenters. The van der Waals surface area contributed by atoms with Gasteiger partial charge in [0.05, 0.1) is 11.2 Å². The van der Waals surface area contributed by atoms with Crippen molar-refractivity contribution in [1.29, 1.82) is 0 Å². The van der Waals surface area contributed by atoms with Gasteiger partial charge in [-0.15, -0.1) is 11.3 Å². The van der Waals surface area contributed by atoms with E-state index in [0.29, 0.717) is 0 Å². The molecule has 80 valence electrons. The van der Waals surface area contributed by atoms with E-state index in [0.717, 1.165) is 26.1 Å². The van der Waals surface area contributed by atoms with Crippen LogP contribution < -0.4 is 10.6 Å². The second-order valence-electron chi connectivity index (χ2n) is 3.29. The summed E-state index contributed by atoms with van der Waals surface area (Å²) in [5.41, 5.74) is 3.10. The molecule has 3 nitrogen and oxygen atoms in total. The SMILES string of the molecule is CNCCCCNCCc1cscn1. The van der Waals surface area contributed by atoms with E-state index in [-0.39, 0.29) is 0 Å². The van der Waals surface area contributed by atoms with Gasteiger partial charge in [0.1, 0.15) is 0 Å². The van der Waals surface area contributed by atoms with Crippen LogP contribution in [0.3, 0.4) is 0 Å². The highest BCUT2D eigenvalue weighted by molar-refractivity contribution is 7.07. The second-order valence-corrected chi connectivity index (χ2v) is 4.01. The second kappa shape index (κ2) is 7.91. The first kappa shape index (κ1) is 11.6. The molecular formula is C10H19N3S. The number of thiazole rings is 1. The van der Waals surface area contributed by atoms with E-state index in [4.69, 9.17) is 0 Å². The Morgan fingerprint density at radius 3 is 2.86 bits per heavy atom. The van der Waals surface area contributed by atoms with E-state index in [2.05, 4.69) is 21.0 Å². The average Bonchev–Trinajstić information content (AvgIpc) is 2.69. The molecule has 2 N–H and O–H groups in total. The summed E-state index contributed by atoms with van der Waals surface area (Å²) in [7, 11) is 2.00. The molecule has 0 fully saturated rings. The molecule has 0 radical (unpaired) electrons. The Hall–Kier alpha value is -0.450. The Bertz CT molecular complexity index is 211. The molecule has 0 amide bonds. The van der Waals surface area contributed by atoms with Crippen LogP contribution in [0.5, 0.6) is 0 Å². The minimum atomic E-state index is 1.04. The van der Waals surface area contributed by atoms with E-state index < -0.39 is 0 Å². The Kier molecular flexibility index (Phi) is 6.57. The van der Waals surface area contributed by atoms with Gasteiger partial charge in [0.15, 0.2) is 0 Å². The molecule has 1 heterocycles. The lowest BCUT2D eigenvalue weighted by Crippen LogP contribution is -2.19. The van der Waals surface area contributed by atoms with Gasteiger partial charge in [0.2, 0.25) is 0 Å². The fourth-order valence-electron chi connectivity index (χ4n) is 1.25. The quantitative estimate of drug-likeness (QED) is 0.639. The Morgan fingerprint density at radius 1 is 1.29 bits per heavy atom. The molecule has 0 atom stereocenters. The monoisotopic (exact) mass is 213 g/mol. The third-order valence-corrected chi connectivity index (χ3v) is 2.71. The van der Waals surface area contributed by atoms with Crippen molar-refractivity contribution in [2.75, 3.05) is 26.7 Å². The molecule has 0 aliphatic carbocycles. The van der Waals surface area contributed by atoms with Crippen LogP contribution in [-0.4, -0.2) is 31.7 Å². The van der Waals surface area contributed by atoms with Crippen LogP contribution in [0.2, 0.25) is 0 Å². The minimum Gasteiger partial charge on any atom is -0.320 e. The highest BCUT2D eigenvalue weighted by Gasteiger charge is 1.93. The molecule has 0 aromatic carbocycles. The number of nitrogens with one attached hydrogen (secondary N) is 2. The van der Waals surface area contributed by atoms with Crippen LogP contribution in [0.15, 0.2) is 10.9 Å². The van der Waals surface area contributed by atoms with Crippen LogP contribution in [0.4, 0.5) is 0 Å². The summed E-state index contributed by atoms with van der Waals surface area (Å²) < 4.78 is 0. The molecule has 1 aromatic heterocycles. The molecule has 0 bridgehead atoms. The molecule has 0 saturated carbocycles. The Morgan fingerprint density at radius 2 is 2.14 bits per heavy atom. The van der Waals surface area contributed by atoms with Crippen molar-refractivity contribution < 1.29 is 0 Å². The van der Waals surface area contributed by atoms with Gasteiger partial charge in [0, 0.05) is 18.3 Å². The lowest BCUT2D eigenvalue weighted by atomic mass is 10.3. The van der Waals surface area contributed by atoms with Gasteiger partial charge in [-0.1, -0.05) is 0 Å². The van der Waals surface area contributed by atoms with E-state index in [1.807, 2.05) is 12.6 Å². The summed E-state index contributed by atoms with van der Waals surface area (Å²) in [6, 6.07) is 0. The summed E-state index contributed by atoms with van der Waals surface area (Å²) >= 11 is 1.67. The maximum absolute atomic E-state index is 4.23. The zero-order valence-corrected chi connectivity index (χ0v) is 9.57. The molecule has 0 aliphatic heterocycles. The van der Waals surface area contributed by atoms with Crippen LogP contribution in [0.25, 0.3) is 0 Å². The first-order valence-corrected chi connectivity index (χ1v) is 6.10. The molecule has 14 heavy (non-hydrogen) atoms.